The largest absolute Gasteiger partial charge is 0.443 e. The normalized spacial score (nSPS) is 16.8. The van der Waals surface area contributed by atoms with Gasteiger partial charge in [0.2, 0.25) is 0 Å². The number of hydrogen-bond acceptors (Lipinski definition) is 3. The van der Waals surface area contributed by atoms with Gasteiger partial charge in [-0.15, -0.1) is 0 Å². The van der Waals surface area contributed by atoms with Gasteiger partial charge in [-0.3, -0.25) is 4.79 Å². The van der Waals surface area contributed by atoms with E-state index in [4.69, 9.17) is 4.42 Å². The van der Waals surface area contributed by atoms with E-state index in [9.17, 15) is 4.79 Å². The summed E-state index contributed by atoms with van der Waals surface area (Å²) in [7, 11) is 0. The molecule has 1 aromatic carbocycles. The molecule has 1 aliphatic rings. The maximum absolute atomic E-state index is 12.4. The maximum atomic E-state index is 12.4. The predicted molar refractivity (Wildman–Crippen MR) is 68.4 cm³/mol. The second kappa shape index (κ2) is 4.80. The molecule has 0 unspecified atom stereocenters. The molecule has 0 aliphatic carbocycles. The van der Waals surface area contributed by atoms with Crippen LogP contribution in [0.25, 0.3) is 11.1 Å². The lowest BCUT2D eigenvalue weighted by Crippen LogP contribution is -2.31. The summed E-state index contributed by atoms with van der Waals surface area (Å²) in [5, 5.41) is 0. The smallest absolute Gasteiger partial charge is 0.253 e. The Morgan fingerprint density at radius 3 is 2.72 bits per heavy atom. The van der Waals surface area contributed by atoms with E-state index in [0.29, 0.717) is 11.1 Å². The third kappa shape index (κ3) is 2.10. The Balaban J connectivity index is 1.85. The molecule has 1 fully saturated rings. The summed E-state index contributed by atoms with van der Waals surface area (Å²) in [6.07, 6.45) is 6.08. The van der Waals surface area contributed by atoms with Gasteiger partial charge < -0.3 is 9.32 Å². The van der Waals surface area contributed by atoms with Gasteiger partial charge in [-0.05, 0) is 31.0 Å². The summed E-state index contributed by atoms with van der Waals surface area (Å²) in [6.45, 7) is 1.74. The standard InChI is InChI=1S/C14H16N2O2/c17-14(16-7-3-1-2-4-8-16)11-5-6-12-13(9-11)18-10-15-12/h5-6,9-10H,1-4,7-8H2. The third-order valence-corrected chi connectivity index (χ3v) is 3.47. The first-order valence-corrected chi connectivity index (χ1v) is 6.47. The van der Waals surface area contributed by atoms with Gasteiger partial charge in [-0.2, -0.15) is 0 Å². The molecule has 1 saturated heterocycles. The van der Waals surface area contributed by atoms with Crippen molar-refractivity contribution in [2.75, 3.05) is 13.1 Å². The topological polar surface area (TPSA) is 46.3 Å². The van der Waals surface area contributed by atoms with Gasteiger partial charge in [0, 0.05) is 18.7 Å². The van der Waals surface area contributed by atoms with E-state index in [2.05, 4.69) is 4.98 Å². The minimum atomic E-state index is 0.107. The Morgan fingerprint density at radius 1 is 1.17 bits per heavy atom. The summed E-state index contributed by atoms with van der Waals surface area (Å²) in [5.74, 6) is 0.107. The molecule has 94 valence electrons. The highest BCUT2D eigenvalue weighted by molar-refractivity contribution is 5.97. The van der Waals surface area contributed by atoms with Crippen LogP contribution < -0.4 is 0 Å². The number of carbonyl (C=O) groups excluding carboxylic acids is 1. The van der Waals surface area contributed by atoms with Crippen LogP contribution in [0.5, 0.6) is 0 Å². The molecule has 0 atom stereocenters. The van der Waals surface area contributed by atoms with E-state index in [0.717, 1.165) is 31.4 Å². The molecule has 1 aromatic heterocycles. The number of nitrogens with zero attached hydrogens (tertiary/aromatic N) is 2. The number of amides is 1. The van der Waals surface area contributed by atoms with Crippen molar-refractivity contribution in [2.45, 2.75) is 25.7 Å². The summed E-state index contributed by atoms with van der Waals surface area (Å²) in [4.78, 5) is 18.4. The Labute approximate surface area is 106 Å². The number of aromatic nitrogens is 1. The van der Waals surface area contributed by atoms with Crippen molar-refractivity contribution >= 4 is 17.0 Å². The van der Waals surface area contributed by atoms with E-state index in [-0.39, 0.29) is 5.91 Å². The van der Waals surface area contributed by atoms with Crippen LogP contribution in [-0.2, 0) is 0 Å². The molecule has 4 nitrogen and oxygen atoms in total. The lowest BCUT2D eigenvalue weighted by atomic mass is 10.1. The van der Waals surface area contributed by atoms with Crippen LogP contribution in [0, 0.1) is 0 Å². The Kier molecular flexibility index (Phi) is 3.00. The van der Waals surface area contributed by atoms with Crippen molar-refractivity contribution in [3.63, 3.8) is 0 Å². The van der Waals surface area contributed by atoms with Crippen LogP contribution >= 0.6 is 0 Å². The number of likely N-dealkylation sites (tertiary alicyclic amines) is 1. The van der Waals surface area contributed by atoms with Crippen LogP contribution in [0.15, 0.2) is 29.0 Å². The van der Waals surface area contributed by atoms with Crippen LogP contribution in [-0.4, -0.2) is 28.9 Å². The van der Waals surface area contributed by atoms with Gasteiger partial charge in [0.1, 0.15) is 5.52 Å². The minimum Gasteiger partial charge on any atom is -0.443 e. The average molecular weight is 244 g/mol. The van der Waals surface area contributed by atoms with E-state index in [1.807, 2.05) is 17.0 Å². The highest BCUT2D eigenvalue weighted by Gasteiger charge is 2.17. The van der Waals surface area contributed by atoms with Gasteiger partial charge in [0.15, 0.2) is 12.0 Å². The zero-order chi connectivity index (χ0) is 12.4. The molecule has 0 saturated carbocycles. The number of hydrogen-bond donors (Lipinski definition) is 0. The molecule has 18 heavy (non-hydrogen) atoms. The number of oxazole rings is 1. The van der Waals surface area contributed by atoms with Crippen LogP contribution in [0.4, 0.5) is 0 Å². The van der Waals surface area contributed by atoms with Crippen molar-refractivity contribution in [3.05, 3.63) is 30.2 Å². The van der Waals surface area contributed by atoms with Gasteiger partial charge in [0.05, 0.1) is 0 Å². The van der Waals surface area contributed by atoms with Gasteiger partial charge in [-0.25, -0.2) is 4.98 Å². The van der Waals surface area contributed by atoms with Gasteiger partial charge >= 0.3 is 0 Å². The highest BCUT2D eigenvalue weighted by atomic mass is 16.3. The maximum Gasteiger partial charge on any atom is 0.253 e. The fourth-order valence-electron chi connectivity index (χ4n) is 2.44. The first-order chi connectivity index (χ1) is 8.84. The van der Waals surface area contributed by atoms with E-state index in [1.54, 1.807) is 6.07 Å². The summed E-state index contributed by atoms with van der Waals surface area (Å²) < 4.78 is 5.24. The highest BCUT2D eigenvalue weighted by Crippen LogP contribution is 2.17. The Morgan fingerprint density at radius 2 is 1.94 bits per heavy atom. The molecule has 1 amide bonds. The molecule has 0 N–H and O–H groups in total. The van der Waals surface area contributed by atoms with E-state index < -0.39 is 0 Å². The van der Waals surface area contributed by atoms with Crippen molar-refractivity contribution in [1.82, 2.24) is 9.88 Å². The zero-order valence-electron chi connectivity index (χ0n) is 10.3. The summed E-state index contributed by atoms with van der Waals surface area (Å²) in [6, 6.07) is 5.46. The molecule has 0 bridgehead atoms. The lowest BCUT2D eigenvalue weighted by molar-refractivity contribution is 0.0761. The van der Waals surface area contributed by atoms with Crippen molar-refractivity contribution in [1.29, 1.82) is 0 Å². The molecular formula is C14H16N2O2. The second-order valence-corrected chi connectivity index (χ2v) is 4.74. The van der Waals surface area contributed by atoms with Crippen molar-refractivity contribution < 1.29 is 9.21 Å². The minimum absolute atomic E-state index is 0.107. The summed E-state index contributed by atoms with van der Waals surface area (Å²) >= 11 is 0. The first kappa shape index (κ1) is 11.3. The molecule has 1 aliphatic heterocycles. The Hall–Kier alpha value is -1.84. The summed E-state index contributed by atoms with van der Waals surface area (Å²) in [5.41, 5.74) is 2.17. The molecule has 3 rings (SSSR count). The molecule has 0 spiro atoms. The zero-order valence-corrected chi connectivity index (χ0v) is 10.3. The monoisotopic (exact) mass is 244 g/mol. The third-order valence-electron chi connectivity index (χ3n) is 3.47. The molecule has 0 radical (unpaired) electrons. The number of carbonyl (C=O) groups is 1. The van der Waals surface area contributed by atoms with E-state index in [1.165, 1.54) is 19.2 Å². The van der Waals surface area contributed by atoms with Crippen molar-refractivity contribution in [2.24, 2.45) is 0 Å². The van der Waals surface area contributed by atoms with Crippen molar-refractivity contribution in [3.8, 4) is 0 Å². The molecule has 2 aromatic rings. The van der Waals surface area contributed by atoms with Crippen LogP contribution in [0.3, 0.4) is 0 Å². The number of benzene rings is 1. The van der Waals surface area contributed by atoms with Gasteiger partial charge in [0.25, 0.3) is 5.91 Å². The molecule has 4 heteroatoms. The molecule has 2 heterocycles. The van der Waals surface area contributed by atoms with Crippen LogP contribution in [0.1, 0.15) is 36.0 Å². The lowest BCUT2D eigenvalue weighted by Gasteiger charge is -2.20. The fourth-order valence-corrected chi connectivity index (χ4v) is 2.44. The van der Waals surface area contributed by atoms with E-state index >= 15 is 0 Å². The Bertz CT molecular complexity index is 554. The average Bonchev–Trinajstić information content (AvgIpc) is 2.69. The quantitative estimate of drug-likeness (QED) is 0.775. The number of rotatable bonds is 1. The molecular weight excluding hydrogens is 228 g/mol. The predicted octanol–water partition coefficient (Wildman–Crippen LogP) is 2.84. The fraction of sp³-hybridized carbons (Fsp3) is 0.429. The second-order valence-electron chi connectivity index (χ2n) is 4.74. The SMILES string of the molecule is O=C(c1ccc2ncoc2c1)N1CCCCCC1. The number of fused-ring (bicyclic) bond motifs is 1. The first-order valence-electron chi connectivity index (χ1n) is 6.47. The van der Waals surface area contributed by atoms with Crippen LogP contribution in [0.2, 0.25) is 0 Å². The van der Waals surface area contributed by atoms with Gasteiger partial charge in [-0.1, -0.05) is 12.8 Å².